The van der Waals surface area contributed by atoms with E-state index in [1.807, 2.05) is 35.2 Å². The Morgan fingerprint density at radius 2 is 1.75 bits per heavy atom. The summed E-state index contributed by atoms with van der Waals surface area (Å²) in [5.41, 5.74) is 1.69. The van der Waals surface area contributed by atoms with Gasteiger partial charge in [-0.05, 0) is 45.2 Å². The average Bonchev–Trinajstić information content (AvgIpc) is 2.69. The van der Waals surface area contributed by atoms with Crippen molar-refractivity contribution in [3.63, 3.8) is 0 Å². The van der Waals surface area contributed by atoms with E-state index in [4.69, 9.17) is 4.84 Å². The second kappa shape index (κ2) is 9.57. The molecule has 152 valence electrons. The number of hydrogen-bond acceptors (Lipinski definition) is 4. The molecule has 0 aliphatic carbocycles. The predicted molar refractivity (Wildman–Crippen MR) is 109 cm³/mol. The van der Waals surface area contributed by atoms with Crippen molar-refractivity contribution in [2.75, 3.05) is 25.0 Å². The van der Waals surface area contributed by atoms with Crippen LogP contribution in [0.4, 0.5) is 10.5 Å². The molecule has 1 aromatic rings. The van der Waals surface area contributed by atoms with E-state index in [0.29, 0.717) is 25.9 Å². The lowest BCUT2D eigenvalue weighted by molar-refractivity contribution is -0.142. The zero-order valence-electron chi connectivity index (χ0n) is 16.8. The number of rotatable bonds is 4. The number of hydrogen-bond donors (Lipinski definition) is 1. The van der Waals surface area contributed by atoms with E-state index >= 15 is 0 Å². The van der Waals surface area contributed by atoms with Gasteiger partial charge < -0.3 is 20.0 Å². The van der Waals surface area contributed by atoms with Crippen LogP contribution in [0.3, 0.4) is 0 Å². The molecule has 2 fully saturated rings. The Labute approximate surface area is 166 Å². The maximum absolute atomic E-state index is 12.4. The van der Waals surface area contributed by atoms with Crippen molar-refractivity contribution in [2.45, 2.75) is 58.0 Å². The lowest BCUT2D eigenvalue weighted by Crippen LogP contribution is -2.48. The second-order valence-corrected chi connectivity index (χ2v) is 7.64. The summed E-state index contributed by atoms with van der Waals surface area (Å²) in [7, 11) is 0. The minimum absolute atomic E-state index is 0.00345. The molecular weight excluding hydrogens is 356 g/mol. The monoisotopic (exact) mass is 386 g/mol. The molecule has 3 amide bonds. The van der Waals surface area contributed by atoms with Crippen LogP contribution >= 0.6 is 0 Å². The number of para-hydroxylation sites is 1. The minimum atomic E-state index is -0.102. The molecule has 0 bridgehead atoms. The molecular formula is C21H30N4O3. The van der Waals surface area contributed by atoms with Crippen LogP contribution in [0.15, 0.2) is 35.5 Å². The number of likely N-dealkylation sites (tertiary alicyclic amines) is 2. The first-order chi connectivity index (χ1) is 13.5. The first-order valence-electron chi connectivity index (χ1n) is 10.1. The lowest BCUT2D eigenvalue weighted by atomic mass is 9.97. The van der Waals surface area contributed by atoms with Crippen molar-refractivity contribution in [1.29, 1.82) is 0 Å². The lowest BCUT2D eigenvalue weighted by Gasteiger charge is -2.38. The molecule has 28 heavy (non-hydrogen) atoms. The Hall–Kier alpha value is -2.57. The fourth-order valence-electron chi connectivity index (χ4n) is 3.95. The number of urea groups is 1. The molecule has 1 aromatic carbocycles. The zero-order chi connectivity index (χ0) is 19.9. The number of carbonyl (C=O) groups is 2. The average molecular weight is 386 g/mol. The highest BCUT2D eigenvalue weighted by Crippen LogP contribution is 2.22. The van der Waals surface area contributed by atoms with Gasteiger partial charge in [-0.25, -0.2) is 4.79 Å². The number of benzene rings is 1. The van der Waals surface area contributed by atoms with Crippen molar-refractivity contribution in [3.8, 4) is 0 Å². The highest BCUT2D eigenvalue weighted by molar-refractivity contribution is 5.92. The molecule has 0 saturated carbocycles. The normalized spacial score (nSPS) is 22.6. The minimum Gasteiger partial charge on any atom is -0.386 e. The van der Waals surface area contributed by atoms with Crippen LogP contribution in [-0.4, -0.2) is 59.2 Å². The Balaban J connectivity index is 1.41. The van der Waals surface area contributed by atoms with Crippen LogP contribution in [0.25, 0.3) is 0 Å². The molecule has 2 saturated heterocycles. The van der Waals surface area contributed by atoms with Crippen LogP contribution in [0, 0.1) is 0 Å². The van der Waals surface area contributed by atoms with E-state index in [9.17, 15) is 9.59 Å². The first kappa shape index (κ1) is 20.2. The van der Waals surface area contributed by atoms with Gasteiger partial charge in [-0.1, -0.05) is 23.4 Å². The van der Waals surface area contributed by atoms with E-state index in [1.54, 1.807) is 4.90 Å². The Morgan fingerprint density at radius 1 is 1.11 bits per heavy atom. The van der Waals surface area contributed by atoms with E-state index in [0.717, 1.165) is 24.2 Å². The summed E-state index contributed by atoms with van der Waals surface area (Å²) in [6.07, 6.45) is 4.58. The fourth-order valence-corrected chi connectivity index (χ4v) is 3.95. The molecule has 2 aliphatic heterocycles. The van der Waals surface area contributed by atoms with E-state index in [1.165, 1.54) is 6.42 Å². The van der Waals surface area contributed by atoms with E-state index in [-0.39, 0.29) is 30.6 Å². The van der Waals surface area contributed by atoms with Gasteiger partial charge in [0.05, 0.1) is 5.71 Å². The third kappa shape index (κ3) is 5.24. The quantitative estimate of drug-likeness (QED) is 0.805. The van der Waals surface area contributed by atoms with Crippen molar-refractivity contribution >= 4 is 23.3 Å². The van der Waals surface area contributed by atoms with Gasteiger partial charge in [-0.15, -0.1) is 0 Å². The molecule has 2 atom stereocenters. The summed E-state index contributed by atoms with van der Waals surface area (Å²) in [4.78, 5) is 33.8. The number of amides is 3. The maximum atomic E-state index is 12.4. The third-order valence-corrected chi connectivity index (χ3v) is 5.52. The highest BCUT2D eigenvalue weighted by Gasteiger charge is 2.29. The number of nitrogens with zero attached hydrogens (tertiary/aromatic N) is 3. The molecule has 1 N–H and O–H groups in total. The van der Waals surface area contributed by atoms with Crippen molar-refractivity contribution in [2.24, 2.45) is 5.16 Å². The van der Waals surface area contributed by atoms with Gasteiger partial charge in [0.15, 0.2) is 6.61 Å². The Bertz CT molecular complexity index is 687. The molecule has 7 nitrogen and oxygen atoms in total. The van der Waals surface area contributed by atoms with Gasteiger partial charge >= 0.3 is 6.03 Å². The number of anilines is 1. The molecule has 0 radical (unpaired) electrons. The second-order valence-electron chi connectivity index (χ2n) is 7.64. The molecule has 2 heterocycles. The van der Waals surface area contributed by atoms with Crippen molar-refractivity contribution in [1.82, 2.24) is 9.80 Å². The molecule has 2 unspecified atom stereocenters. The van der Waals surface area contributed by atoms with Crippen LogP contribution in [0.1, 0.15) is 46.0 Å². The smallest absolute Gasteiger partial charge is 0.321 e. The van der Waals surface area contributed by atoms with E-state index < -0.39 is 0 Å². The molecule has 0 spiro atoms. The number of piperidine rings is 2. The van der Waals surface area contributed by atoms with Crippen molar-refractivity contribution in [3.05, 3.63) is 30.3 Å². The van der Waals surface area contributed by atoms with Gasteiger partial charge in [-0.3, -0.25) is 4.79 Å². The van der Waals surface area contributed by atoms with Gasteiger partial charge in [0.1, 0.15) is 0 Å². The van der Waals surface area contributed by atoms with Gasteiger partial charge in [0, 0.05) is 43.7 Å². The van der Waals surface area contributed by atoms with Gasteiger partial charge in [0.2, 0.25) is 0 Å². The summed E-state index contributed by atoms with van der Waals surface area (Å²) in [6, 6.07) is 9.85. The van der Waals surface area contributed by atoms with Crippen LogP contribution in [-0.2, 0) is 9.63 Å². The topological polar surface area (TPSA) is 74.2 Å². The first-order valence-corrected chi connectivity index (χ1v) is 10.1. The molecule has 2 aliphatic rings. The fraction of sp³-hybridized carbons (Fsp3) is 0.571. The predicted octanol–water partition coefficient (Wildman–Crippen LogP) is 3.48. The number of oxime groups is 1. The maximum Gasteiger partial charge on any atom is 0.321 e. The summed E-state index contributed by atoms with van der Waals surface area (Å²) in [5.74, 6) is 0.00345. The highest BCUT2D eigenvalue weighted by atomic mass is 16.6. The Kier molecular flexibility index (Phi) is 6.90. The molecule has 0 aromatic heterocycles. The Morgan fingerprint density at radius 3 is 2.39 bits per heavy atom. The standard InChI is InChI=1S/C21H30N4O3/c1-16-7-6-8-17(2)25(16)20(26)15-28-23-19-11-13-24(14-12-19)21(27)22-18-9-4-3-5-10-18/h3-5,9-10,16-17H,6-8,11-15H2,1-2H3,(H,22,27). The summed E-state index contributed by atoms with van der Waals surface area (Å²) in [5, 5.41) is 7.05. The summed E-state index contributed by atoms with van der Waals surface area (Å²) < 4.78 is 0. The summed E-state index contributed by atoms with van der Waals surface area (Å²) >= 11 is 0. The summed E-state index contributed by atoms with van der Waals surface area (Å²) in [6.45, 7) is 5.35. The van der Waals surface area contributed by atoms with E-state index in [2.05, 4.69) is 24.3 Å². The largest absolute Gasteiger partial charge is 0.386 e. The molecule has 3 rings (SSSR count). The number of nitrogens with one attached hydrogen (secondary N) is 1. The van der Waals surface area contributed by atoms with Crippen LogP contribution < -0.4 is 5.32 Å². The van der Waals surface area contributed by atoms with Crippen molar-refractivity contribution < 1.29 is 14.4 Å². The zero-order valence-corrected chi connectivity index (χ0v) is 16.8. The van der Waals surface area contributed by atoms with Crippen LogP contribution in [0.5, 0.6) is 0 Å². The van der Waals surface area contributed by atoms with Gasteiger partial charge in [-0.2, -0.15) is 0 Å². The van der Waals surface area contributed by atoms with Gasteiger partial charge in [0.25, 0.3) is 5.91 Å². The third-order valence-electron chi connectivity index (χ3n) is 5.52. The molecule has 7 heteroatoms. The number of carbonyl (C=O) groups excluding carboxylic acids is 2. The SMILES string of the molecule is CC1CCCC(C)N1C(=O)CON=C1CCN(C(=O)Nc2ccccc2)CC1. The van der Waals surface area contributed by atoms with Crippen LogP contribution in [0.2, 0.25) is 0 Å².